The second kappa shape index (κ2) is 11.0. The molecule has 13 heteroatoms. The van der Waals surface area contributed by atoms with Crippen molar-refractivity contribution in [3.05, 3.63) is 84.4 Å². The highest BCUT2D eigenvalue weighted by Gasteiger charge is 2.30. The van der Waals surface area contributed by atoms with E-state index in [1.165, 1.54) is 10.3 Å². The van der Waals surface area contributed by atoms with Gasteiger partial charge in [0.2, 0.25) is 10.0 Å². The summed E-state index contributed by atoms with van der Waals surface area (Å²) in [5.74, 6) is 0.598. The number of hydrogen-bond acceptors (Lipinski definition) is 8. The summed E-state index contributed by atoms with van der Waals surface area (Å²) in [6.07, 6.45) is 5.01. The number of benzene rings is 2. The van der Waals surface area contributed by atoms with Crippen LogP contribution in [0.5, 0.6) is 0 Å². The Kier molecular flexibility index (Phi) is 7.33. The molecule has 1 saturated heterocycles. The Balaban J connectivity index is 1.32. The summed E-state index contributed by atoms with van der Waals surface area (Å²) in [5, 5.41) is 7.61. The van der Waals surface area contributed by atoms with Gasteiger partial charge in [0, 0.05) is 30.9 Å². The van der Waals surface area contributed by atoms with Crippen molar-refractivity contribution in [1.82, 2.24) is 28.9 Å². The van der Waals surface area contributed by atoms with Crippen LogP contribution in [-0.4, -0.2) is 60.1 Å². The minimum absolute atomic E-state index is 0.141. The van der Waals surface area contributed by atoms with E-state index in [-0.39, 0.29) is 21.5 Å². The van der Waals surface area contributed by atoms with Crippen LogP contribution in [0.25, 0.3) is 22.3 Å². The summed E-state index contributed by atoms with van der Waals surface area (Å²) in [6.45, 7) is 4.90. The third-order valence-electron chi connectivity index (χ3n) is 7.68. The van der Waals surface area contributed by atoms with Crippen molar-refractivity contribution in [3.63, 3.8) is 0 Å². The molecule has 0 amide bonds. The zero-order chi connectivity index (χ0) is 29.5. The first-order valence-electron chi connectivity index (χ1n) is 13.7. The summed E-state index contributed by atoms with van der Waals surface area (Å²) >= 11 is 0. The number of fused-ring (bicyclic) bond motifs is 1. The predicted octanol–water partition coefficient (Wildman–Crippen LogP) is 3.88. The Morgan fingerprint density at radius 3 is 2.31 bits per heavy atom. The molecule has 3 aromatic heterocycles. The van der Waals surface area contributed by atoms with Gasteiger partial charge < -0.3 is 4.90 Å². The Morgan fingerprint density at radius 2 is 1.67 bits per heavy atom. The van der Waals surface area contributed by atoms with Gasteiger partial charge in [-0.15, -0.1) is 0 Å². The van der Waals surface area contributed by atoms with Crippen LogP contribution in [0, 0.1) is 6.92 Å². The number of rotatable bonds is 8. The van der Waals surface area contributed by atoms with Gasteiger partial charge in [-0.1, -0.05) is 37.3 Å². The van der Waals surface area contributed by atoms with E-state index in [2.05, 4.69) is 29.8 Å². The molecule has 2 N–H and O–H groups in total. The molecular weight excluding hydrogens is 574 g/mol. The van der Waals surface area contributed by atoms with Crippen molar-refractivity contribution >= 4 is 36.9 Å². The van der Waals surface area contributed by atoms with E-state index in [1.54, 1.807) is 61.7 Å². The SMILES string of the molecule is CCc1ccc(S(=O)(=O)NC2CCN(c3ncnc4c3cc(-c3c[nH]nc3C)n4S(=O)(=O)c3ccccc3)CC2)cc1. The molecule has 0 spiro atoms. The lowest BCUT2D eigenvalue weighted by Gasteiger charge is -2.33. The Labute approximate surface area is 244 Å². The quantitative estimate of drug-likeness (QED) is 0.271. The second-order valence-corrected chi connectivity index (χ2v) is 13.8. The molecule has 0 aliphatic carbocycles. The fraction of sp³-hybridized carbons (Fsp3) is 0.276. The van der Waals surface area contributed by atoms with E-state index in [1.807, 2.05) is 19.1 Å². The van der Waals surface area contributed by atoms with Crippen LogP contribution in [-0.2, 0) is 26.5 Å². The Bertz CT molecular complexity index is 1940. The molecule has 6 rings (SSSR count). The third-order valence-corrected chi connectivity index (χ3v) is 10.9. The van der Waals surface area contributed by atoms with Gasteiger partial charge in [-0.3, -0.25) is 5.10 Å². The maximum absolute atomic E-state index is 13.9. The highest BCUT2D eigenvalue weighted by molar-refractivity contribution is 7.90. The number of anilines is 1. The van der Waals surface area contributed by atoms with Crippen LogP contribution in [0.2, 0.25) is 0 Å². The van der Waals surface area contributed by atoms with Gasteiger partial charge in [-0.2, -0.15) is 5.10 Å². The number of aromatic nitrogens is 5. The third kappa shape index (κ3) is 5.08. The Hall–Kier alpha value is -4.07. The number of sulfonamides is 1. The van der Waals surface area contributed by atoms with Gasteiger partial charge in [0.05, 0.1) is 26.6 Å². The molecule has 5 aromatic rings. The summed E-state index contributed by atoms with van der Waals surface area (Å²) in [5.41, 5.74) is 3.05. The number of nitrogens with zero attached hydrogens (tertiary/aromatic N) is 5. The maximum atomic E-state index is 13.9. The van der Waals surface area contributed by atoms with E-state index in [9.17, 15) is 16.8 Å². The molecule has 42 heavy (non-hydrogen) atoms. The lowest BCUT2D eigenvalue weighted by molar-refractivity contribution is 0.459. The van der Waals surface area contributed by atoms with E-state index >= 15 is 0 Å². The van der Waals surface area contributed by atoms with Gasteiger partial charge in [0.1, 0.15) is 12.1 Å². The number of piperidine rings is 1. The first-order valence-corrected chi connectivity index (χ1v) is 16.7. The van der Waals surface area contributed by atoms with Gasteiger partial charge >= 0.3 is 0 Å². The van der Waals surface area contributed by atoms with Crippen LogP contribution in [0.3, 0.4) is 0 Å². The fourth-order valence-electron chi connectivity index (χ4n) is 5.38. The first-order chi connectivity index (χ1) is 20.2. The number of aromatic amines is 1. The van der Waals surface area contributed by atoms with Crippen molar-refractivity contribution < 1.29 is 16.8 Å². The van der Waals surface area contributed by atoms with Crippen molar-refractivity contribution in [2.24, 2.45) is 0 Å². The molecule has 11 nitrogen and oxygen atoms in total. The molecule has 0 bridgehead atoms. The van der Waals surface area contributed by atoms with Crippen molar-refractivity contribution in [1.29, 1.82) is 0 Å². The van der Waals surface area contributed by atoms with Gasteiger partial charge in [0.15, 0.2) is 5.65 Å². The minimum Gasteiger partial charge on any atom is -0.356 e. The molecule has 2 aromatic carbocycles. The molecule has 4 heterocycles. The molecule has 1 aliphatic rings. The largest absolute Gasteiger partial charge is 0.356 e. The first kappa shape index (κ1) is 28.1. The van der Waals surface area contributed by atoms with Gasteiger partial charge in [-0.05, 0) is 62.1 Å². The van der Waals surface area contributed by atoms with E-state index in [0.717, 1.165) is 12.0 Å². The summed E-state index contributed by atoms with van der Waals surface area (Å²) in [4.78, 5) is 11.4. The number of H-pyrrole nitrogens is 1. The fourth-order valence-corrected chi connectivity index (χ4v) is 8.18. The monoisotopic (exact) mass is 605 g/mol. The maximum Gasteiger partial charge on any atom is 0.269 e. The molecule has 0 unspecified atom stereocenters. The Morgan fingerprint density at radius 1 is 0.952 bits per heavy atom. The molecule has 218 valence electrons. The van der Waals surface area contributed by atoms with Crippen molar-refractivity contribution in [2.45, 2.75) is 48.9 Å². The van der Waals surface area contributed by atoms with Gasteiger partial charge in [0.25, 0.3) is 10.0 Å². The van der Waals surface area contributed by atoms with Crippen LogP contribution in [0.1, 0.15) is 31.0 Å². The molecular formula is C29H31N7O4S2. The lowest BCUT2D eigenvalue weighted by Crippen LogP contribution is -2.44. The zero-order valence-corrected chi connectivity index (χ0v) is 24.9. The zero-order valence-electron chi connectivity index (χ0n) is 23.2. The molecule has 0 radical (unpaired) electrons. The molecule has 1 aliphatic heterocycles. The van der Waals surface area contributed by atoms with Gasteiger partial charge in [-0.25, -0.2) is 35.5 Å². The lowest BCUT2D eigenvalue weighted by atomic mass is 10.1. The average molecular weight is 606 g/mol. The molecule has 0 saturated carbocycles. The highest BCUT2D eigenvalue weighted by atomic mass is 32.2. The standard InChI is InChI=1S/C29H31N7O4S2/c1-3-21-9-11-23(12-10-21)41(37,38)34-22-13-15-35(16-14-22)28-25-17-27(26-18-32-33-20(26)2)36(29(25)31-19-30-28)42(39,40)24-7-5-4-6-8-24/h4-12,17-19,22,34H,3,13-16H2,1-2H3,(H,32,33). The minimum atomic E-state index is -4.01. The normalized spacial score (nSPS) is 15.0. The number of hydrogen-bond donors (Lipinski definition) is 2. The second-order valence-electron chi connectivity index (χ2n) is 10.3. The molecule has 1 fully saturated rings. The molecule has 0 atom stereocenters. The van der Waals surface area contributed by atoms with Crippen LogP contribution >= 0.6 is 0 Å². The van der Waals surface area contributed by atoms with Crippen molar-refractivity contribution in [2.75, 3.05) is 18.0 Å². The summed E-state index contributed by atoms with van der Waals surface area (Å²) in [6, 6.07) is 16.7. The van der Waals surface area contributed by atoms with Crippen LogP contribution in [0.15, 0.2) is 83.0 Å². The predicted molar refractivity (Wildman–Crippen MR) is 160 cm³/mol. The number of aryl methyl sites for hydroxylation is 2. The van der Waals surface area contributed by atoms with Crippen LogP contribution in [0.4, 0.5) is 5.82 Å². The smallest absolute Gasteiger partial charge is 0.269 e. The number of nitrogens with one attached hydrogen (secondary N) is 2. The highest BCUT2D eigenvalue weighted by Crippen LogP contribution is 2.36. The average Bonchev–Trinajstić information content (AvgIpc) is 3.61. The van der Waals surface area contributed by atoms with E-state index in [4.69, 9.17) is 0 Å². The summed E-state index contributed by atoms with van der Waals surface area (Å²) in [7, 11) is -7.66. The summed E-state index contributed by atoms with van der Waals surface area (Å²) < 4.78 is 58.0. The van der Waals surface area contributed by atoms with E-state index < -0.39 is 20.0 Å². The van der Waals surface area contributed by atoms with E-state index in [0.29, 0.717) is 54.1 Å². The topological polar surface area (TPSA) is 143 Å². The van der Waals surface area contributed by atoms with Crippen LogP contribution < -0.4 is 9.62 Å². The van der Waals surface area contributed by atoms with Crippen molar-refractivity contribution in [3.8, 4) is 11.3 Å².